The molecule has 0 spiro atoms. The lowest BCUT2D eigenvalue weighted by atomic mass is 10.1. The fraction of sp³-hybridized carbons (Fsp3) is 0.340. The van der Waals surface area contributed by atoms with Crippen LogP contribution in [0.5, 0.6) is 28.7 Å². The molecule has 73 heavy (non-hydrogen) atoms. The number of fused-ring (bicyclic) bond motifs is 3. The maximum atomic E-state index is 12.8. The molecule has 0 aliphatic heterocycles. The van der Waals surface area contributed by atoms with Crippen LogP contribution in [0.2, 0.25) is 0 Å². The molecule has 7 aromatic rings. The number of phenols is 3. The van der Waals surface area contributed by atoms with Crippen LogP contribution in [-0.2, 0) is 50.3 Å². The molecule has 0 aliphatic carbocycles. The Labute approximate surface area is 420 Å². The second-order valence-corrected chi connectivity index (χ2v) is 21.9. The number of phenolic OH excluding ortho intramolecular Hbond substituents is 3. The van der Waals surface area contributed by atoms with E-state index in [0.29, 0.717) is 44.5 Å². The first-order chi connectivity index (χ1) is 34.3. The molecule has 23 heteroatoms. The van der Waals surface area contributed by atoms with Gasteiger partial charge < -0.3 is 65.9 Å². The van der Waals surface area contributed by atoms with Crippen LogP contribution in [0.4, 0.5) is 0 Å². The number of ether oxygens (including phenoxy) is 2. The maximum Gasteiger partial charge on any atom is 0.336 e. The Bertz CT molecular complexity index is 3300. The van der Waals surface area contributed by atoms with E-state index in [9.17, 15) is 33.2 Å². The van der Waals surface area contributed by atoms with Gasteiger partial charge in [-0.1, -0.05) is 0 Å². The summed E-state index contributed by atoms with van der Waals surface area (Å²) in [4.78, 5) is 53.1. The van der Waals surface area contributed by atoms with E-state index >= 15 is 0 Å². The predicted molar refractivity (Wildman–Crippen MR) is 276 cm³/mol. The number of hydrogen-bond donors (Lipinski definition) is 5. The molecule has 0 fully saturated rings. The van der Waals surface area contributed by atoms with Crippen LogP contribution in [0.3, 0.4) is 0 Å². The van der Waals surface area contributed by atoms with Crippen molar-refractivity contribution in [1.82, 2.24) is 0 Å². The van der Waals surface area contributed by atoms with Crippen LogP contribution in [0.15, 0.2) is 100 Å². The lowest BCUT2D eigenvalue weighted by Gasteiger charge is -2.18. The van der Waals surface area contributed by atoms with Gasteiger partial charge in [-0.15, -0.1) is 0 Å². The van der Waals surface area contributed by atoms with E-state index in [2.05, 4.69) is 0 Å². The molecule has 0 radical (unpaired) electrons. The van der Waals surface area contributed by atoms with Gasteiger partial charge in [-0.3, -0.25) is 13.7 Å². The zero-order chi connectivity index (χ0) is 54.4. The highest BCUT2D eigenvalue weighted by atomic mass is 31.2. The van der Waals surface area contributed by atoms with Crippen molar-refractivity contribution in [2.24, 2.45) is 0 Å². The minimum absolute atomic E-state index is 0.00287. The first-order valence-corrected chi connectivity index (χ1v) is 27.8. The topological polar surface area (TPSA) is 298 Å². The van der Waals surface area contributed by atoms with Crippen LogP contribution in [0, 0.1) is 27.7 Å². The van der Waals surface area contributed by atoms with Gasteiger partial charge in [0, 0.05) is 58.6 Å². The Kier molecular flexibility index (Phi) is 21.4. The van der Waals surface area contributed by atoms with E-state index in [0.717, 1.165) is 28.1 Å². The summed E-state index contributed by atoms with van der Waals surface area (Å²) >= 11 is 0. The van der Waals surface area contributed by atoms with Crippen LogP contribution >= 0.6 is 22.8 Å². The van der Waals surface area contributed by atoms with Crippen LogP contribution in [-0.4, -0.2) is 65.8 Å². The monoisotopic (exact) mass is 1070 g/mol. The summed E-state index contributed by atoms with van der Waals surface area (Å²) in [5, 5.41) is 29.2. The Morgan fingerprint density at radius 3 is 1.07 bits per heavy atom. The fourth-order valence-corrected chi connectivity index (χ4v) is 11.9. The molecule has 7 rings (SSSR count). The molecular formula is C50H61O20P3. The molecule has 3 heterocycles. The van der Waals surface area contributed by atoms with Crippen molar-refractivity contribution in [2.45, 2.75) is 73.9 Å². The highest BCUT2D eigenvalue weighted by Gasteiger charge is 2.28. The van der Waals surface area contributed by atoms with E-state index in [1.54, 1.807) is 85.9 Å². The molecule has 0 amide bonds. The number of rotatable bonds is 16. The minimum atomic E-state index is -4.26. The van der Waals surface area contributed by atoms with Gasteiger partial charge >= 0.3 is 39.7 Å². The summed E-state index contributed by atoms with van der Waals surface area (Å²) in [5.41, 5.74) is 3.70. The lowest BCUT2D eigenvalue weighted by molar-refractivity contribution is 0.218. The van der Waals surface area contributed by atoms with Crippen molar-refractivity contribution < 1.29 is 79.6 Å². The highest BCUT2D eigenvalue weighted by molar-refractivity contribution is 7.53. The van der Waals surface area contributed by atoms with Gasteiger partial charge in [0.1, 0.15) is 45.5 Å². The SMILES string of the molecule is CCOP(=O)(Cc1cc(=O)oc2cc(O)cc(C)c12)OCC.CCOP(=O)(Cc1cc(=O)oc2cc(OC)cc(C)c12)OCC.COc1cc(C)c2c(CP(=O)(O)O)cc(=O)oc2c1.Cc1cc(O)cc(O)c1. The average molecular weight is 1070 g/mol. The van der Waals surface area contributed by atoms with Crippen molar-refractivity contribution in [1.29, 1.82) is 0 Å². The number of aryl methyl sites for hydroxylation is 4. The van der Waals surface area contributed by atoms with Gasteiger partial charge in [-0.25, -0.2) is 14.4 Å². The second kappa shape index (κ2) is 26.3. The molecule has 4 aromatic carbocycles. The van der Waals surface area contributed by atoms with E-state index in [-0.39, 0.29) is 72.7 Å². The third-order valence-electron chi connectivity index (χ3n) is 10.2. The quantitative estimate of drug-likeness (QED) is 0.0444. The number of benzene rings is 4. The van der Waals surface area contributed by atoms with E-state index in [1.807, 2.05) is 13.0 Å². The molecule has 5 N–H and O–H groups in total. The van der Waals surface area contributed by atoms with E-state index < -0.39 is 45.8 Å². The van der Waals surface area contributed by atoms with E-state index in [4.69, 9.17) is 60.8 Å². The molecule has 0 atom stereocenters. The largest absolute Gasteiger partial charge is 0.508 e. The van der Waals surface area contributed by atoms with Gasteiger partial charge in [0.25, 0.3) is 0 Å². The number of aromatic hydroxyl groups is 3. The first kappa shape index (κ1) is 59.5. The Morgan fingerprint density at radius 2 is 0.753 bits per heavy atom. The van der Waals surface area contributed by atoms with Crippen LogP contribution in [0.1, 0.15) is 66.6 Å². The Balaban J connectivity index is 0.000000219. The molecule has 0 bridgehead atoms. The molecule has 0 saturated heterocycles. The summed E-state index contributed by atoms with van der Waals surface area (Å²) in [6.07, 6.45) is -0.505. The fourth-order valence-electron chi connectivity index (χ4n) is 7.75. The van der Waals surface area contributed by atoms with Gasteiger partial charge in [-0.2, -0.15) is 0 Å². The standard InChI is InChI=1S/C16H21O6P.C15H19O6P.C12H13O6P.C7H8O2/c1-5-20-23(18,21-6-2)10-12-8-15(17)22-14-9-13(19-4)7-11(3)16(12)14;1-4-19-22(18,20-5-2)9-11-7-14(17)21-13-8-12(16)6-10(3)15(11)13;1-7-3-9(17-2)5-10-12(7)8(4-11(13)18-10)6-19(14,15)16;1-5-2-6(8)4-7(9)3-5/h7-9H,5-6,10H2,1-4H3;6-8,16H,4-5,9H2,1-3H3;3-5H,6H2,1-2H3,(H2,14,15,16);2-4,8-9H,1H3. The maximum absolute atomic E-state index is 12.8. The molecule has 396 valence electrons. The van der Waals surface area contributed by atoms with Crippen molar-refractivity contribution in [3.8, 4) is 28.7 Å². The summed E-state index contributed by atoms with van der Waals surface area (Å²) in [6.45, 7) is 15.2. The van der Waals surface area contributed by atoms with Crippen LogP contribution in [0.25, 0.3) is 32.9 Å². The van der Waals surface area contributed by atoms with Crippen LogP contribution < -0.4 is 26.4 Å². The van der Waals surface area contributed by atoms with Gasteiger partial charge in [-0.05, 0) is 125 Å². The molecule has 0 aliphatic rings. The lowest BCUT2D eigenvalue weighted by Crippen LogP contribution is -2.05. The molecular weight excluding hydrogens is 1010 g/mol. The van der Waals surface area contributed by atoms with Crippen molar-refractivity contribution >= 4 is 55.7 Å². The second-order valence-electron chi connectivity index (χ2n) is 16.1. The average Bonchev–Trinajstić information content (AvgIpc) is 3.25. The van der Waals surface area contributed by atoms with E-state index in [1.165, 1.54) is 37.4 Å². The van der Waals surface area contributed by atoms with Gasteiger partial charge in [0.05, 0.1) is 59.1 Å². The zero-order valence-corrected chi connectivity index (χ0v) is 44.8. The summed E-state index contributed by atoms with van der Waals surface area (Å²) in [7, 11) is -7.89. The van der Waals surface area contributed by atoms with Crippen molar-refractivity contribution in [3.63, 3.8) is 0 Å². The summed E-state index contributed by atoms with van der Waals surface area (Å²) in [6, 6.07) is 17.8. The summed E-state index contributed by atoms with van der Waals surface area (Å²) < 4.78 is 83.5. The minimum Gasteiger partial charge on any atom is -0.508 e. The molecule has 3 aromatic heterocycles. The van der Waals surface area contributed by atoms with Gasteiger partial charge in [0.15, 0.2) is 0 Å². The Hall–Kier alpha value is -6.04. The zero-order valence-electron chi connectivity index (χ0n) is 42.1. The normalized spacial score (nSPS) is 11.6. The molecule has 0 unspecified atom stereocenters. The molecule has 20 nitrogen and oxygen atoms in total. The predicted octanol–water partition coefficient (Wildman–Crippen LogP) is 10.6. The van der Waals surface area contributed by atoms with Gasteiger partial charge in [0.2, 0.25) is 0 Å². The molecule has 0 saturated carbocycles. The highest BCUT2D eigenvalue weighted by Crippen LogP contribution is 2.53. The van der Waals surface area contributed by atoms with Crippen molar-refractivity contribution in [2.75, 3.05) is 40.6 Å². The smallest absolute Gasteiger partial charge is 0.336 e. The summed E-state index contributed by atoms with van der Waals surface area (Å²) in [5.74, 6) is 1.32. The third kappa shape index (κ3) is 17.3. The third-order valence-corrected chi connectivity index (χ3v) is 15.0. The first-order valence-electron chi connectivity index (χ1n) is 22.6. The van der Waals surface area contributed by atoms with Crippen molar-refractivity contribution in [3.05, 3.63) is 143 Å². The Morgan fingerprint density at radius 1 is 0.438 bits per heavy atom. The number of hydrogen-bond acceptors (Lipinski definition) is 18. The number of methoxy groups -OCH3 is 2.